The number of hydrogen-bond acceptors (Lipinski definition) is 2. The van der Waals surface area contributed by atoms with Crippen molar-refractivity contribution in [1.82, 2.24) is 4.90 Å². The lowest BCUT2D eigenvalue weighted by Gasteiger charge is -2.32. The molecule has 5 nitrogen and oxygen atoms in total. The van der Waals surface area contributed by atoms with Gasteiger partial charge in [0.15, 0.2) is 0 Å². The van der Waals surface area contributed by atoms with Gasteiger partial charge in [-0.1, -0.05) is 35.9 Å². The van der Waals surface area contributed by atoms with Crippen LogP contribution in [0, 0.1) is 6.92 Å². The van der Waals surface area contributed by atoms with E-state index in [0.29, 0.717) is 29.2 Å². The number of halogens is 1. The number of anilines is 1. The van der Waals surface area contributed by atoms with Crippen molar-refractivity contribution < 1.29 is 14.5 Å². The third kappa shape index (κ3) is 4.31. The van der Waals surface area contributed by atoms with E-state index < -0.39 is 0 Å². The predicted molar refractivity (Wildman–Crippen MR) is 115 cm³/mol. The molecule has 0 bridgehead atoms. The molecule has 0 unspecified atom stereocenters. The molecular weight excluding hydrogens is 386 g/mol. The maximum absolute atomic E-state index is 13.0. The molecule has 2 heterocycles. The van der Waals surface area contributed by atoms with E-state index in [1.165, 1.54) is 16.0 Å². The second-order valence-electron chi connectivity index (χ2n) is 7.96. The van der Waals surface area contributed by atoms with Crippen LogP contribution in [-0.4, -0.2) is 49.4 Å². The fraction of sp³-hybridized carbons (Fsp3) is 0.391. The molecule has 6 heteroatoms. The van der Waals surface area contributed by atoms with Gasteiger partial charge < -0.3 is 14.7 Å². The smallest absolute Gasteiger partial charge is 0.254 e. The molecule has 0 aliphatic carbocycles. The molecule has 2 aromatic carbocycles. The van der Waals surface area contributed by atoms with Crippen LogP contribution in [0.3, 0.4) is 0 Å². The Morgan fingerprint density at radius 2 is 1.86 bits per heavy atom. The first-order valence-corrected chi connectivity index (χ1v) is 10.7. The highest BCUT2D eigenvalue weighted by atomic mass is 35.5. The van der Waals surface area contributed by atoms with Crippen molar-refractivity contribution in [2.45, 2.75) is 26.3 Å². The maximum Gasteiger partial charge on any atom is 0.254 e. The number of nitrogens with one attached hydrogen (secondary N) is 1. The van der Waals surface area contributed by atoms with Gasteiger partial charge in [-0.3, -0.25) is 9.59 Å². The lowest BCUT2D eigenvalue weighted by molar-refractivity contribution is -0.917. The average Bonchev–Trinajstić information content (AvgIpc) is 3.16. The number of benzene rings is 2. The van der Waals surface area contributed by atoms with E-state index in [9.17, 15) is 9.59 Å². The molecule has 0 spiro atoms. The summed E-state index contributed by atoms with van der Waals surface area (Å²) in [6, 6.07) is 13.8. The largest absolute Gasteiger partial charge is 0.328 e. The second-order valence-corrected chi connectivity index (χ2v) is 8.37. The second kappa shape index (κ2) is 8.56. The van der Waals surface area contributed by atoms with Crippen LogP contribution in [0.4, 0.5) is 5.69 Å². The monoisotopic (exact) mass is 412 g/mol. The Labute approximate surface area is 176 Å². The summed E-state index contributed by atoms with van der Waals surface area (Å²) < 4.78 is 0. The Kier molecular flexibility index (Phi) is 5.88. The highest BCUT2D eigenvalue weighted by molar-refractivity contribution is 6.34. The van der Waals surface area contributed by atoms with Gasteiger partial charge in [0.1, 0.15) is 6.54 Å². The molecule has 0 aromatic heterocycles. The lowest BCUT2D eigenvalue weighted by Crippen LogP contribution is -3.13. The minimum atomic E-state index is 0.0181. The van der Waals surface area contributed by atoms with Crippen LogP contribution >= 0.6 is 11.6 Å². The maximum atomic E-state index is 13.0. The zero-order chi connectivity index (χ0) is 20.4. The van der Waals surface area contributed by atoms with Gasteiger partial charge in [0.2, 0.25) is 5.91 Å². The van der Waals surface area contributed by atoms with Gasteiger partial charge in [-0.15, -0.1) is 0 Å². The summed E-state index contributed by atoms with van der Waals surface area (Å²) in [7, 11) is 0. The van der Waals surface area contributed by atoms with E-state index in [-0.39, 0.29) is 11.8 Å². The summed E-state index contributed by atoms with van der Waals surface area (Å²) in [6.07, 6.45) is 1.37. The van der Waals surface area contributed by atoms with Crippen LogP contribution in [0.1, 0.15) is 34.3 Å². The molecule has 2 aliphatic rings. The number of hydrogen-bond donors (Lipinski definition) is 1. The minimum absolute atomic E-state index is 0.0181. The summed E-state index contributed by atoms with van der Waals surface area (Å²) in [5.74, 6) is 0.0921. The van der Waals surface area contributed by atoms with Crippen molar-refractivity contribution >= 4 is 29.1 Å². The highest BCUT2D eigenvalue weighted by Gasteiger charge is 2.28. The van der Waals surface area contributed by atoms with Crippen LogP contribution < -0.4 is 9.80 Å². The zero-order valence-electron chi connectivity index (χ0n) is 16.8. The van der Waals surface area contributed by atoms with E-state index in [2.05, 4.69) is 31.2 Å². The van der Waals surface area contributed by atoms with Crippen molar-refractivity contribution in [2.75, 3.05) is 37.6 Å². The SMILES string of the molecule is Cc1ccccc1C[NH+]1CCN(C(=O)c2ccc(Cl)c(N3CCCC3=O)c2)CC1. The number of rotatable bonds is 4. The first-order valence-electron chi connectivity index (χ1n) is 10.3. The van der Waals surface area contributed by atoms with Crippen molar-refractivity contribution in [3.05, 3.63) is 64.2 Å². The van der Waals surface area contributed by atoms with Gasteiger partial charge in [0, 0.05) is 24.1 Å². The topological polar surface area (TPSA) is 45.1 Å². The average molecular weight is 413 g/mol. The van der Waals surface area contributed by atoms with Crippen LogP contribution in [0.2, 0.25) is 5.02 Å². The van der Waals surface area contributed by atoms with Gasteiger partial charge >= 0.3 is 0 Å². The highest BCUT2D eigenvalue weighted by Crippen LogP contribution is 2.30. The Hall–Kier alpha value is -2.37. The molecule has 2 saturated heterocycles. The Morgan fingerprint density at radius 3 is 2.55 bits per heavy atom. The molecule has 0 radical (unpaired) electrons. The van der Waals surface area contributed by atoms with Crippen molar-refractivity contribution in [1.29, 1.82) is 0 Å². The summed E-state index contributed by atoms with van der Waals surface area (Å²) in [4.78, 5) is 30.3. The molecule has 2 aliphatic heterocycles. The molecule has 152 valence electrons. The molecule has 0 atom stereocenters. The number of carbonyl (C=O) groups excluding carboxylic acids is 2. The van der Waals surface area contributed by atoms with Crippen LogP contribution in [0.15, 0.2) is 42.5 Å². The summed E-state index contributed by atoms with van der Waals surface area (Å²) in [6.45, 7) is 7.16. The molecular formula is C23H27ClN3O2+. The number of aryl methyl sites for hydroxylation is 1. The number of nitrogens with zero attached hydrogens (tertiary/aromatic N) is 2. The lowest BCUT2D eigenvalue weighted by atomic mass is 10.1. The van der Waals surface area contributed by atoms with Gasteiger partial charge in [0.25, 0.3) is 5.91 Å². The Morgan fingerprint density at radius 1 is 1.10 bits per heavy atom. The molecule has 4 rings (SSSR count). The summed E-state index contributed by atoms with van der Waals surface area (Å²) >= 11 is 6.32. The zero-order valence-corrected chi connectivity index (χ0v) is 17.5. The fourth-order valence-corrected chi connectivity index (χ4v) is 4.44. The van der Waals surface area contributed by atoms with Crippen LogP contribution in [0.25, 0.3) is 0 Å². The molecule has 2 aromatic rings. The standard InChI is InChI=1S/C23H26ClN3O2/c1-17-5-2-3-6-19(17)16-25-11-13-26(14-12-25)23(29)18-8-9-20(24)21(15-18)27-10-4-7-22(27)28/h2-3,5-6,8-9,15H,4,7,10-14,16H2,1H3/p+1. The first kappa shape index (κ1) is 19.9. The first-order chi connectivity index (χ1) is 14.0. The Balaban J connectivity index is 1.41. The predicted octanol–water partition coefficient (Wildman–Crippen LogP) is 2.32. The van der Waals surface area contributed by atoms with Gasteiger partial charge in [-0.25, -0.2) is 0 Å². The van der Waals surface area contributed by atoms with Gasteiger partial charge in [-0.2, -0.15) is 0 Å². The molecule has 1 N–H and O–H groups in total. The molecule has 2 amide bonds. The van der Waals surface area contributed by atoms with Crippen molar-refractivity contribution in [3.8, 4) is 0 Å². The van der Waals surface area contributed by atoms with Gasteiger partial charge in [0.05, 0.1) is 36.9 Å². The van der Waals surface area contributed by atoms with Crippen molar-refractivity contribution in [2.24, 2.45) is 0 Å². The third-order valence-electron chi connectivity index (χ3n) is 6.02. The van der Waals surface area contributed by atoms with E-state index in [1.807, 2.05) is 4.90 Å². The minimum Gasteiger partial charge on any atom is -0.328 e. The molecule has 29 heavy (non-hydrogen) atoms. The third-order valence-corrected chi connectivity index (χ3v) is 6.34. The Bertz CT molecular complexity index is 922. The van der Waals surface area contributed by atoms with E-state index in [1.54, 1.807) is 23.1 Å². The van der Waals surface area contributed by atoms with Crippen LogP contribution in [-0.2, 0) is 11.3 Å². The normalized spacial score (nSPS) is 17.8. The van der Waals surface area contributed by atoms with Crippen molar-refractivity contribution in [3.63, 3.8) is 0 Å². The summed E-state index contributed by atoms with van der Waals surface area (Å²) in [5.41, 5.74) is 3.96. The number of amides is 2. The molecule has 2 fully saturated rings. The van der Waals surface area contributed by atoms with E-state index in [0.717, 1.165) is 39.1 Å². The quantitative estimate of drug-likeness (QED) is 0.837. The molecule has 0 saturated carbocycles. The van der Waals surface area contributed by atoms with Crippen LogP contribution in [0.5, 0.6) is 0 Å². The number of carbonyl (C=O) groups is 2. The number of quaternary nitrogens is 1. The fourth-order valence-electron chi connectivity index (χ4n) is 4.22. The van der Waals surface area contributed by atoms with E-state index >= 15 is 0 Å². The summed E-state index contributed by atoms with van der Waals surface area (Å²) in [5, 5.41) is 0.518. The van der Waals surface area contributed by atoms with Gasteiger partial charge in [-0.05, 0) is 37.1 Å². The number of piperazine rings is 1. The van der Waals surface area contributed by atoms with E-state index in [4.69, 9.17) is 11.6 Å².